The Morgan fingerprint density at radius 2 is 1.77 bits per heavy atom. The van der Waals surface area contributed by atoms with Gasteiger partial charge in [-0.25, -0.2) is 0 Å². The molecule has 1 aromatic heterocycles. The summed E-state index contributed by atoms with van der Waals surface area (Å²) in [6, 6.07) is 5.29. The van der Waals surface area contributed by atoms with Crippen molar-refractivity contribution in [3.8, 4) is 0 Å². The van der Waals surface area contributed by atoms with Gasteiger partial charge in [-0.1, -0.05) is 46.1 Å². The van der Waals surface area contributed by atoms with Crippen LogP contribution in [0.2, 0.25) is 0 Å². The van der Waals surface area contributed by atoms with E-state index in [9.17, 15) is 4.79 Å². The van der Waals surface area contributed by atoms with Crippen LogP contribution in [0.5, 0.6) is 0 Å². The molecule has 0 spiro atoms. The summed E-state index contributed by atoms with van der Waals surface area (Å²) in [5.41, 5.74) is 2.39. The summed E-state index contributed by atoms with van der Waals surface area (Å²) < 4.78 is 2.14. The van der Waals surface area contributed by atoms with E-state index in [0.717, 1.165) is 24.9 Å². The molecule has 3 rings (SSSR count). The van der Waals surface area contributed by atoms with Crippen molar-refractivity contribution in [3.63, 3.8) is 0 Å². The molecule has 3 heteroatoms. The molecule has 0 radical (unpaired) electrons. The maximum absolute atomic E-state index is 13.1. The summed E-state index contributed by atoms with van der Waals surface area (Å²) in [6.45, 7) is 7.36. The van der Waals surface area contributed by atoms with Crippen LogP contribution in [0.15, 0.2) is 16.9 Å². The minimum atomic E-state index is 0.0130. The summed E-state index contributed by atoms with van der Waals surface area (Å²) in [4.78, 5) is 13.1. The van der Waals surface area contributed by atoms with E-state index in [1.165, 1.54) is 37.8 Å². The van der Waals surface area contributed by atoms with Gasteiger partial charge in [0.2, 0.25) is 0 Å². The average molecular weight is 302 g/mol. The van der Waals surface area contributed by atoms with Gasteiger partial charge in [0.1, 0.15) is 0 Å². The van der Waals surface area contributed by atoms with Gasteiger partial charge in [-0.3, -0.25) is 4.79 Å². The Hall–Kier alpha value is -1.09. The smallest absolute Gasteiger partial charge is 0.255 e. The zero-order valence-electron chi connectivity index (χ0n) is 14.3. The van der Waals surface area contributed by atoms with Crippen LogP contribution in [0.4, 0.5) is 0 Å². The Bertz CT molecular complexity index is 572. The number of nitrogens with zero attached hydrogens (tertiary/aromatic N) is 1. The number of pyridine rings is 1. The fourth-order valence-electron chi connectivity index (χ4n) is 3.58. The second kappa shape index (κ2) is 6.19. The zero-order chi connectivity index (χ0) is 15.7. The van der Waals surface area contributed by atoms with E-state index in [-0.39, 0.29) is 11.0 Å². The third-order valence-electron chi connectivity index (χ3n) is 5.06. The largest absolute Gasteiger partial charge is 0.310 e. The van der Waals surface area contributed by atoms with Crippen molar-refractivity contribution >= 4 is 0 Å². The lowest BCUT2D eigenvalue weighted by Gasteiger charge is -2.32. The first kappa shape index (κ1) is 15.8. The molecule has 2 aliphatic carbocycles. The predicted molar refractivity (Wildman–Crippen MR) is 91.4 cm³/mol. The second-order valence-corrected chi connectivity index (χ2v) is 8.12. The Kier molecular flexibility index (Phi) is 4.44. The van der Waals surface area contributed by atoms with Gasteiger partial charge >= 0.3 is 0 Å². The average Bonchev–Trinajstić information content (AvgIpc) is 3.30. The minimum absolute atomic E-state index is 0.0130. The fourth-order valence-corrected chi connectivity index (χ4v) is 3.58. The van der Waals surface area contributed by atoms with Gasteiger partial charge in [-0.15, -0.1) is 0 Å². The molecule has 0 atom stereocenters. The van der Waals surface area contributed by atoms with Gasteiger partial charge < -0.3 is 9.88 Å². The predicted octanol–water partition coefficient (Wildman–Crippen LogP) is 3.90. The van der Waals surface area contributed by atoms with Crippen molar-refractivity contribution in [1.82, 2.24) is 9.88 Å². The summed E-state index contributed by atoms with van der Waals surface area (Å²) in [5.74, 6) is 0. The number of hydrogen-bond acceptors (Lipinski definition) is 2. The van der Waals surface area contributed by atoms with Crippen LogP contribution in [0.3, 0.4) is 0 Å². The minimum Gasteiger partial charge on any atom is -0.310 e. The molecule has 1 N–H and O–H groups in total. The van der Waals surface area contributed by atoms with Crippen LogP contribution in [0.1, 0.15) is 83.0 Å². The Morgan fingerprint density at radius 1 is 1.09 bits per heavy atom. The molecular formula is C19H30N2O. The highest BCUT2D eigenvalue weighted by Crippen LogP contribution is 2.31. The SMILES string of the molecule is CC(C)(C)c1ccc(CNC2CC2)c(=O)n1C1CCCCC1. The lowest BCUT2D eigenvalue weighted by molar-refractivity contribution is 0.323. The first-order valence-electron chi connectivity index (χ1n) is 8.95. The molecule has 0 aliphatic heterocycles. The van der Waals surface area contributed by atoms with E-state index >= 15 is 0 Å². The van der Waals surface area contributed by atoms with E-state index in [1.54, 1.807) is 0 Å². The lowest BCUT2D eigenvalue weighted by Crippen LogP contribution is -2.36. The topological polar surface area (TPSA) is 34.0 Å². The summed E-state index contributed by atoms with van der Waals surface area (Å²) in [7, 11) is 0. The van der Waals surface area contributed by atoms with Crippen molar-refractivity contribution < 1.29 is 0 Å². The van der Waals surface area contributed by atoms with Gasteiger partial charge in [-0.2, -0.15) is 0 Å². The Balaban J connectivity index is 1.96. The molecule has 2 saturated carbocycles. The van der Waals surface area contributed by atoms with E-state index in [0.29, 0.717) is 12.1 Å². The van der Waals surface area contributed by atoms with Crippen molar-refractivity contribution in [1.29, 1.82) is 0 Å². The lowest BCUT2D eigenvalue weighted by atomic mass is 9.88. The van der Waals surface area contributed by atoms with Crippen LogP contribution >= 0.6 is 0 Å². The van der Waals surface area contributed by atoms with Crippen molar-refractivity contribution in [2.24, 2.45) is 0 Å². The van der Waals surface area contributed by atoms with Crippen LogP contribution in [-0.4, -0.2) is 10.6 Å². The highest BCUT2D eigenvalue weighted by molar-refractivity contribution is 5.22. The monoisotopic (exact) mass is 302 g/mol. The van der Waals surface area contributed by atoms with E-state index in [4.69, 9.17) is 0 Å². The zero-order valence-corrected chi connectivity index (χ0v) is 14.3. The molecule has 2 fully saturated rings. The number of nitrogens with one attached hydrogen (secondary N) is 1. The van der Waals surface area contributed by atoms with Crippen LogP contribution in [0, 0.1) is 0 Å². The molecule has 22 heavy (non-hydrogen) atoms. The first-order valence-corrected chi connectivity index (χ1v) is 8.95. The Labute approximate surface area is 134 Å². The van der Waals surface area contributed by atoms with Gasteiger partial charge in [0.25, 0.3) is 5.56 Å². The summed E-state index contributed by atoms with van der Waals surface area (Å²) in [6.07, 6.45) is 8.66. The van der Waals surface area contributed by atoms with E-state index in [1.807, 2.05) is 0 Å². The molecule has 122 valence electrons. The fraction of sp³-hybridized carbons (Fsp3) is 0.737. The molecule has 0 amide bonds. The van der Waals surface area contributed by atoms with Crippen molar-refractivity contribution in [2.45, 2.75) is 89.8 Å². The third kappa shape index (κ3) is 3.45. The molecule has 0 saturated heterocycles. The molecule has 1 heterocycles. The summed E-state index contributed by atoms with van der Waals surface area (Å²) >= 11 is 0. The number of aromatic nitrogens is 1. The maximum Gasteiger partial charge on any atom is 0.255 e. The van der Waals surface area contributed by atoms with Crippen LogP contribution < -0.4 is 10.9 Å². The number of rotatable bonds is 4. The number of hydrogen-bond donors (Lipinski definition) is 1. The first-order chi connectivity index (χ1) is 10.5. The highest BCUT2D eigenvalue weighted by Gasteiger charge is 2.26. The maximum atomic E-state index is 13.1. The van der Waals surface area contributed by atoms with Crippen molar-refractivity contribution in [3.05, 3.63) is 33.7 Å². The van der Waals surface area contributed by atoms with Gasteiger partial charge in [0.05, 0.1) is 0 Å². The van der Waals surface area contributed by atoms with E-state index in [2.05, 4.69) is 42.8 Å². The third-order valence-corrected chi connectivity index (χ3v) is 5.06. The van der Waals surface area contributed by atoms with Gasteiger partial charge in [0.15, 0.2) is 0 Å². The Morgan fingerprint density at radius 3 is 2.36 bits per heavy atom. The normalized spacial score (nSPS) is 20.3. The molecular weight excluding hydrogens is 272 g/mol. The molecule has 0 aromatic carbocycles. The van der Waals surface area contributed by atoms with Gasteiger partial charge in [-0.05, 0) is 31.7 Å². The molecule has 3 nitrogen and oxygen atoms in total. The van der Waals surface area contributed by atoms with Crippen LogP contribution in [0.25, 0.3) is 0 Å². The quantitative estimate of drug-likeness (QED) is 0.915. The van der Waals surface area contributed by atoms with Crippen molar-refractivity contribution in [2.75, 3.05) is 0 Å². The second-order valence-electron chi connectivity index (χ2n) is 8.12. The molecule has 0 unspecified atom stereocenters. The standard InChI is InChI=1S/C19H30N2O/c1-19(2,3)17-12-9-14(13-20-15-10-11-15)18(22)21(17)16-7-5-4-6-8-16/h9,12,15-16,20H,4-8,10-11,13H2,1-3H3. The van der Waals surface area contributed by atoms with Gasteiger partial charge in [0, 0.05) is 35.3 Å². The van der Waals surface area contributed by atoms with Crippen LogP contribution in [-0.2, 0) is 12.0 Å². The highest BCUT2D eigenvalue weighted by atomic mass is 16.1. The molecule has 2 aliphatic rings. The molecule has 1 aromatic rings. The summed E-state index contributed by atoms with van der Waals surface area (Å²) in [5, 5.41) is 3.49. The van der Waals surface area contributed by atoms with E-state index < -0.39 is 0 Å². The molecule has 0 bridgehead atoms.